The van der Waals surface area contributed by atoms with Crippen LogP contribution >= 0.6 is 22.6 Å². The van der Waals surface area contributed by atoms with Crippen molar-refractivity contribution in [1.82, 2.24) is 23.6 Å². The van der Waals surface area contributed by atoms with Crippen LogP contribution in [0.4, 0.5) is 5.69 Å². The van der Waals surface area contributed by atoms with Crippen molar-refractivity contribution in [1.29, 1.82) is 0 Å². The number of nitrogens with zero attached hydrogens (tertiary/aromatic N) is 5. The summed E-state index contributed by atoms with van der Waals surface area (Å²) in [5.41, 5.74) is 1.37. The Morgan fingerprint density at radius 1 is 1.08 bits per heavy atom. The lowest BCUT2D eigenvalue weighted by molar-refractivity contribution is 0.407. The van der Waals surface area contributed by atoms with Gasteiger partial charge < -0.3 is 10.1 Å². The van der Waals surface area contributed by atoms with Crippen LogP contribution < -0.4 is 20.9 Å². The fourth-order valence-electron chi connectivity index (χ4n) is 4.98. The number of ether oxygens (including phenoxy) is 1. The molecule has 0 bridgehead atoms. The van der Waals surface area contributed by atoms with Crippen molar-refractivity contribution in [3.63, 3.8) is 0 Å². The molecule has 6 rings (SSSR count). The molecule has 11 nitrogen and oxygen atoms in total. The molecule has 1 N–H and O–H groups in total. The van der Waals surface area contributed by atoms with E-state index in [-0.39, 0.29) is 37.9 Å². The van der Waals surface area contributed by atoms with Crippen LogP contribution in [0.2, 0.25) is 0 Å². The first-order valence-corrected chi connectivity index (χ1v) is 14.2. The second-order valence-corrected chi connectivity index (χ2v) is 12.6. The van der Waals surface area contributed by atoms with Crippen molar-refractivity contribution in [2.24, 2.45) is 0 Å². The van der Waals surface area contributed by atoms with E-state index in [1.54, 1.807) is 30.3 Å². The third-order valence-corrected chi connectivity index (χ3v) is 9.93. The number of fused-ring (bicyclic) bond motifs is 3. The van der Waals surface area contributed by atoms with Gasteiger partial charge in [0.2, 0.25) is 0 Å². The second-order valence-electron chi connectivity index (χ2n) is 9.15. The summed E-state index contributed by atoms with van der Waals surface area (Å²) < 4.78 is 35.0. The first-order chi connectivity index (χ1) is 17.7. The maximum Gasteiger partial charge on any atom is 0.271 e. The summed E-state index contributed by atoms with van der Waals surface area (Å²) in [7, 11) is -2.49. The molecule has 2 aromatic carbocycles. The van der Waals surface area contributed by atoms with E-state index in [2.05, 4.69) is 43.1 Å². The van der Waals surface area contributed by atoms with Gasteiger partial charge in [-0.3, -0.25) is 14.0 Å². The van der Waals surface area contributed by atoms with Gasteiger partial charge in [0.15, 0.2) is 17.0 Å². The molecule has 1 aliphatic carbocycles. The SMILES string of the molecule is COc1c(N[C@@H]2CC(c3nnc4cnc5c(ccn5S(=O)(=O)c5ccc(C)cc5)n34)[C@H](I)C2)c(=O)c1=O. The Balaban J connectivity index is 1.37. The maximum atomic E-state index is 13.4. The number of benzene rings is 1. The summed E-state index contributed by atoms with van der Waals surface area (Å²) >= 11 is 2.36. The molecule has 37 heavy (non-hydrogen) atoms. The summed E-state index contributed by atoms with van der Waals surface area (Å²) in [6, 6.07) is 8.31. The lowest BCUT2D eigenvalue weighted by Crippen LogP contribution is -2.37. The van der Waals surface area contributed by atoms with Crippen LogP contribution in [0.5, 0.6) is 5.75 Å². The molecule has 0 radical (unpaired) electrons. The van der Waals surface area contributed by atoms with Crippen molar-refractivity contribution in [3.05, 3.63) is 74.6 Å². The molecule has 13 heteroatoms. The monoisotopic (exact) mass is 632 g/mol. The molecule has 1 saturated carbocycles. The van der Waals surface area contributed by atoms with Crippen molar-refractivity contribution in [2.75, 3.05) is 12.4 Å². The van der Waals surface area contributed by atoms with Gasteiger partial charge in [0.25, 0.3) is 20.9 Å². The number of nitrogens with one attached hydrogen (secondary N) is 1. The molecule has 3 aromatic heterocycles. The average molecular weight is 632 g/mol. The van der Waals surface area contributed by atoms with E-state index in [1.807, 2.05) is 11.3 Å². The predicted octanol–water partition coefficient (Wildman–Crippen LogP) is 2.39. The third kappa shape index (κ3) is 3.66. The highest BCUT2D eigenvalue weighted by Gasteiger charge is 2.38. The van der Waals surface area contributed by atoms with E-state index in [9.17, 15) is 18.0 Å². The summed E-state index contributed by atoms with van der Waals surface area (Å²) in [6.07, 6.45) is 4.39. The predicted molar refractivity (Wildman–Crippen MR) is 145 cm³/mol. The number of aryl methyl sites for hydroxylation is 1. The maximum absolute atomic E-state index is 13.4. The standard InChI is InChI=1S/C24H21IN6O5S/c1-12-3-5-14(6-4-12)37(34,35)30-8-7-17-24(30)26-11-18-28-29-23(31(17)18)15-9-13(10-16(15)25)27-19-20(32)21(33)22(19)36-2/h3-8,11,13,15-16,27H,9-10H2,1-2H3/t13-,15?,16-/m1/s1. The van der Waals surface area contributed by atoms with Gasteiger partial charge in [0.1, 0.15) is 11.5 Å². The van der Waals surface area contributed by atoms with Crippen LogP contribution in [0.3, 0.4) is 0 Å². The Labute approximate surface area is 224 Å². The Bertz CT molecular complexity index is 1850. The van der Waals surface area contributed by atoms with E-state index >= 15 is 0 Å². The lowest BCUT2D eigenvalue weighted by atomic mass is 10.1. The smallest absolute Gasteiger partial charge is 0.271 e. The molecule has 3 atom stereocenters. The summed E-state index contributed by atoms with van der Waals surface area (Å²) in [5.74, 6) is 0.720. The van der Waals surface area contributed by atoms with E-state index in [0.717, 1.165) is 12.0 Å². The Hall–Kier alpha value is -3.33. The highest BCUT2D eigenvalue weighted by atomic mass is 127. The van der Waals surface area contributed by atoms with E-state index in [1.165, 1.54) is 23.5 Å². The van der Waals surface area contributed by atoms with E-state index in [0.29, 0.717) is 23.4 Å². The van der Waals surface area contributed by atoms with Crippen LogP contribution in [0.15, 0.2) is 57.2 Å². The van der Waals surface area contributed by atoms with Gasteiger partial charge in [0, 0.05) is 22.1 Å². The minimum atomic E-state index is -3.86. The van der Waals surface area contributed by atoms with Gasteiger partial charge in [-0.15, -0.1) is 10.2 Å². The number of hydrogen-bond donors (Lipinski definition) is 1. The topological polar surface area (TPSA) is 138 Å². The number of aromatic nitrogens is 5. The molecule has 3 heterocycles. The molecule has 1 unspecified atom stereocenters. The van der Waals surface area contributed by atoms with Gasteiger partial charge in [-0.25, -0.2) is 17.4 Å². The van der Waals surface area contributed by atoms with Gasteiger partial charge in [-0.1, -0.05) is 40.3 Å². The Kier molecular flexibility index (Phi) is 5.60. The highest BCUT2D eigenvalue weighted by molar-refractivity contribution is 14.1. The molecular weight excluding hydrogens is 611 g/mol. The zero-order valence-electron chi connectivity index (χ0n) is 19.8. The highest BCUT2D eigenvalue weighted by Crippen LogP contribution is 2.41. The Morgan fingerprint density at radius 3 is 2.57 bits per heavy atom. The molecule has 0 aliphatic heterocycles. The number of alkyl halides is 1. The zero-order valence-corrected chi connectivity index (χ0v) is 22.7. The summed E-state index contributed by atoms with van der Waals surface area (Å²) in [4.78, 5) is 28.3. The molecule has 5 aromatic rings. The minimum absolute atomic E-state index is 0.0340. The van der Waals surface area contributed by atoms with Crippen LogP contribution in [0, 0.1) is 6.92 Å². The fourth-order valence-corrected chi connectivity index (χ4v) is 7.51. The van der Waals surface area contributed by atoms with Gasteiger partial charge in [-0.2, -0.15) is 0 Å². The molecule has 0 spiro atoms. The molecule has 1 fully saturated rings. The number of hydrogen-bond acceptors (Lipinski definition) is 9. The van der Waals surface area contributed by atoms with Crippen LogP contribution in [0.1, 0.15) is 30.1 Å². The van der Waals surface area contributed by atoms with Crippen molar-refractivity contribution in [2.45, 2.75) is 40.5 Å². The summed E-state index contributed by atoms with van der Waals surface area (Å²) in [6.45, 7) is 1.90. The number of halogens is 1. The Morgan fingerprint density at radius 2 is 1.84 bits per heavy atom. The van der Waals surface area contributed by atoms with E-state index < -0.39 is 20.9 Å². The fraction of sp³-hybridized carbons (Fsp3) is 0.292. The normalized spacial score (nSPS) is 20.2. The van der Waals surface area contributed by atoms with Crippen LogP contribution in [-0.4, -0.2) is 49.0 Å². The second kappa shape index (κ2) is 8.62. The van der Waals surface area contributed by atoms with Crippen molar-refractivity contribution in [3.8, 4) is 5.75 Å². The minimum Gasteiger partial charge on any atom is -0.491 e. The number of anilines is 1. The van der Waals surface area contributed by atoms with Gasteiger partial charge in [-0.05, 0) is 38.0 Å². The molecule has 190 valence electrons. The first-order valence-electron chi connectivity index (χ1n) is 11.5. The lowest BCUT2D eigenvalue weighted by Gasteiger charge is -2.17. The molecule has 1 aliphatic rings. The van der Waals surface area contributed by atoms with Gasteiger partial charge in [0.05, 0.1) is 23.7 Å². The first kappa shape index (κ1) is 24.0. The largest absolute Gasteiger partial charge is 0.491 e. The summed E-state index contributed by atoms with van der Waals surface area (Å²) in [5, 5.41) is 11.9. The quantitative estimate of drug-likeness (QED) is 0.170. The number of rotatable bonds is 6. The zero-order chi connectivity index (χ0) is 26.1. The van der Waals surface area contributed by atoms with Crippen LogP contribution in [0.25, 0.3) is 16.8 Å². The van der Waals surface area contributed by atoms with E-state index in [4.69, 9.17) is 4.74 Å². The number of methoxy groups -OCH3 is 1. The third-order valence-electron chi connectivity index (χ3n) is 6.88. The van der Waals surface area contributed by atoms with Crippen molar-refractivity contribution >= 4 is 55.1 Å². The van der Waals surface area contributed by atoms with Crippen LogP contribution in [-0.2, 0) is 10.0 Å². The molecule has 0 amide bonds. The molecular formula is C24H21IN6O5S. The average Bonchev–Trinajstić information content (AvgIpc) is 3.59. The van der Waals surface area contributed by atoms with Crippen molar-refractivity contribution < 1.29 is 13.2 Å². The molecule has 0 saturated heterocycles. The van der Waals surface area contributed by atoms with Gasteiger partial charge >= 0.3 is 0 Å².